The molecule has 0 bridgehead atoms. The second-order valence-electron chi connectivity index (χ2n) is 20.2. The van der Waals surface area contributed by atoms with Gasteiger partial charge in [0.05, 0.1) is 0 Å². The highest BCUT2D eigenvalue weighted by Crippen LogP contribution is 2.16. The summed E-state index contributed by atoms with van der Waals surface area (Å²) in [6.45, 7) is 6.33. The van der Waals surface area contributed by atoms with Crippen LogP contribution in [0.2, 0.25) is 0 Å². The summed E-state index contributed by atoms with van der Waals surface area (Å²) >= 11 is 0. The van der Waals surface area contributed by atoms with Gasteiger partial charge in [-0.25, -0.2) is 0 Å². The molecule has 1 atom stereocenters. The highest BCUT2D eigenvalue weighted by Gasteiger charge is 2.19. The molecule has 0 saturated carbocycles. The van der Waals surface area contributed by atoms with Crippen LogP contribution < -0.4 is 0 Å². The smallest absolute Gasteiger partial charge is 0.306 e. The van der Waals surface area contributed by atoms with Gasteiger partial charge < -0.3 is 14.2 Å². The Morgan fingerprint density at radius 3 is 0.813 bits per heavy atom. The number of esters is 3. The molecule has 0 aromatic carbocycles. The first kappa shape index (κ1) is 70.8. The van der Waals surface area contributed by atoms with E-state index < -0.39 is 6.10 Å². The molecule has 426 valence electrons. The lowest BCUT2D eigenvalue weighted by Gasteiger charge is -2.18. The van der Waals surface area contributed by atoms with E-state index in [0.717, 1.165) is 161 Å². The van der Waals surface area contributed by atoms with Crippen LogP contribution in [0.3, 0.4) is 0 Å². The van der Waals surface area contributed by atoms with E-state index in [4.69, 9.17) is 14.2 Å². The van der Waals surface area contributed by atoms with E-state index in [2.05, 4.69) is 142 Å². The van der Waals surface area contributed by atoms with Crippen molar-refractivity contribution < 1.29 is 28.6 Å². The van der Waals surface area contributed by atoms with E-state index in [-0.39, 0.29) is 31.1 Å². The van der Waals surface area contributed by atoms with Gasteiger partial charge in [-0.15, -0.1) is 0 Å². The third kappa shape index (κ3) is 60.6. The fraction of sp³-hybridized carbons (Fsp3) is 0.667. The van der Waals surface area contributed by atoms with Crippen molar-refractivity contribution >= 4 is 17.9 Å². The van der Waals surface area contributed by atoms with Crippen LogP contribution in [-0.2, 0) is 28.6 Å². The Balaban J connectivity index is 4.27. The van der Waals surface area contributed by atoms with Crippen molar-refractivity contribution in [1.29, 1.82) is 0 Å². The molecule has 75 heavy (non-hydrogen) atoms. The number of rotatable bonds is 55. The Hall–Kier alpha value is -4.19. The van der Waals surface area contributed by atoms with Crippen molar-refractivity contribution in [1.82, 2.24) is 0 Å². The minimum atomic E-state index is -0.796. The lowest BCUT2D eigenvalue weighted by Crippen LogP contribution is -2.30. The maximum absolute atomic E-state index is 12.9. The van der Waals surface area contributed by atoms with Crippen LogP contribution in [0.15, 0.2) is 122 Å². The second kappa shape index (κ2) is 62.4. The summed E-state index contributed by atoms with van der Waals surface area (Å²) in [4.78, 5) is 38.2. The Kier molecular flexibility index (Phi) is 58.9. The van der Waals surface area contributed by atoms with Crippen LogP contribution in [-0.4, -0.2) is 37.2 Å². The molecule has 6 nitrogen and oxygen atoms in total. The van der Waals surface area contributed by atoms with Crippen LogP contribution >= 0.6 is 0 Å². The molecule has 0 rings (SSSR count). The van der Waals surface area contributed by atoms with Crippen LogP contribution in [0, 0.1) is 0 Å². The average Bonchev–Trinajstić information content (AvgIpc) is 3.41. The zero-order valence-corrected chi connectivity index (χ0v) is 48.8. The number of carbonyl (C=O) groups is 3. The first-order valence-corrected chi connectivity index (χ1v) is 31.0. The van der Waals surface area contributed by atoms with Gasteiger partial charge in [0.25, 0.3) is 0 Å². The zero-order valence-electron chi connectivity index (χ0n) is 48.8. The Morgan fingerprint density at radius 1 is 0.280 bits per heavy atom. The number of carbonyl (C=O) groups excluding carboxylic acids is 3. The Morgan fingerprint density at radius 2 is 0.520 bits per heavy atom. The number of unbranched alkanes of at least 4 members (excludes halogenated alkanes) is 24. The van der Waals surface area contributed by atoms with E-state index in [9.17, 15) is 14.4 Å². The molecule has 0 aromatic rings. The van der Waals surface area contributed by atoms with Crippen molar-refractivity contribution in [2.45, 2.75) is 284 Å². The van der Waals surface area contributed by atoms with Gasteiger partial charge >= 0.3 is 17.9 Å². The van der Waals surface area contributed by atoms with Crippen LogP contribution in [0.4, 0.5) is 0 Å². The largest absolute Gasteiger partial charge is 0.462 e. The van der Waals surface area contributed by atoms with Crippen molar-refractivity contribution in [3.05, 3.63) is 122 Å². The topological polar surface area (TPSA) is 78.9 Å². The van der Waals surface area contributed by atoms with Gasteiger partial charge in [0.1, 0.15) is 13.2 Å². The normalized spacial score (nSPS) is 12.9. The molecule has 0 aromatic heterocycles. The van der Waals surface area contributed by atoms with Gasteiger partial charge in [-0.1, -0.05) is 258 Å². The third-order valence-electron chi connectivity index (χ3n) is 12.9. The van der Waals surface area contributed by atoms with Crippen LogP contribution in [0.25, 0.3) is 0 Å². The zero-order chi connectivity index (χ0) is 54.3. The molecule has 0 heterocycles. The maximum atomic E-state index is 12.9. The fourth-order valence-electron chi connectivity index (χ4n) is 8.35. The molecule has 0 fully saturated rings. The minimum Gasteiger partial charge on any atom is -0.462 e. The maximum Gasteiger partial charge on any atom is 0.306 e. The molecule has 6 heteroatoms. The highest BCUT2D eigenvalue weighted by molar-refractivity contribution is 5.71. The summed E-state index contributed by atoms with van der Waals surface area (Å²) in [5, 5.41) is 0. The van der Waals surface area contributed by atoms with Crippen molar-refractivity contribution in [3.63, 3.8) is 0 Å². The Bertz CT molecular complexity index is 1570. The van der Waals surface area contributed by atoms with E-state index in [0.29, 0.717) is 19.3 Å². The first-order valence-electron chi connectivity index (χ1n) is 31.0. The molecule has 0 aliphatic carbocycles. The lowest BCUT2D eigenvalue weighted by atomic mass is 10.0. The SMILES string of the molecule is CC/C=C\C/C=C\C/C=C\C/C=C\C/C=C\CCCCCCCCCCCCCCCC(=O)OCC(COC(=O)CCCCCCC/C=C\C/C=C\CCC)OC(=O)CCCCCCC/C=C\C/C=C\C/C=C\CC. The van der Waals surface area contributed by atoms with Crippen LogP contribution in [0.1, 0.15) is 278 Å². The fourth-order valence-corrected chi connectivity index (χ4v) is 8.35. The number of ether oxygens (including phenoxy) is 3. The average molecular weight is 1040 g/mol. The van der Waals surface area contributed by atoms with Crippen molar-refractivity contribution in [2.24, 2.45) is 0 Å². The third-order valence-corrected chi connectivity index (χ3v) is 12.9. The predicted molar refractivity (Wildman–Crippen MR) is 325 cm³/mol. The summed E-state index contributed by atoms with van der Waals surface area (Å²) in [5.74, 6) is -0.922. The summed E-state index contributed by atoms with van der Waals surface area (Å²) in [7, 11) is 0. The standard InChI is InChI=1S/C69H114O6/c1-4-7-10-13-16-19-22-25-27-28-29-30-31-32-33-34-35-36-37-38-39-40-42-44-47-50-53-56-59-62-68(71)74-65-66(64-73-67(70)61-58-55-52-49-46-43-24-21-18-15-12-9-6-3)75-69(72)63-60-57-54-51-48-45-41-26-23-20-17-14-11-8-5-2/h7-8,10-12,15-17,19-21,24-27,29-30,32-33,41,66H,4-6,9,13-14,18,22-23,28,31,34-40,42-65H2,1-3H3/b10-7-,11-8-,15-12-,19-16-,20-17-,24-21-,27-25-,30-29-,33-32-,41-26-. The van der Waals surface area contributed by atoms with Crippen molar-refractivity contribution in [2.75, 3.05) is 13.2 Å². The summed E-state index contributed by atoms with van der Waals surface area (Å²) in [6.07, 6.45) is 86.3. The van der Waals surface area contributed by atoms with E-state index >= 15 is 0 Å². The van der Waals surface area contributed by atoms with Gasteiger partial charge in [-0.2, -0.15) is 0 Å². The molecular weight excluding hydrogens is 925 g/mol. The molecule has 0 N–H and O–H groups in total. The highest BCUT2D eigenvalue weighted by atomic mass is 16.6. The molecule has 1 unspecified atom stereocenters. The monoisotopic (exact) mass is 1040 g/mol. The number of hydrogen-bond acceptors (Lipinski definition) is 6. The quantitative estimate of drug-likeness (QED) is 0.0261. The molecule has 0 spiro atoms. The second-order valence-corrected chi connectivity index (χ2v) is 20.2. The number of allylic oxidation sites excluding steroid dienone is 20. The lowest BCUT2D eigenvalue weighted by molar-refractivity contribution is -0.167. The van der Waals surface area contributed by atoms with E-state index in [1.807, 2.05) is 0 Å². The van der Waals surface area contributed by atoms with E-state index in [1.54, 1.807) is 0 Å². The minimum absolute atomic E-state index is 0.0916. The van der Waals surface area contributed by atoms with Gasteiger partial charge in [0, 0.05) is 19.3 Å². The number of hydrogen-bond donors (Lipinski definition) is 0. The van der Waals surface area contributed by atoms with Crippen molar-refractivity contribution in [3.8, 4) is 0 Å². The van der Waals surface area contributed by atoms with Gasteiger partial charge in [-0.05, 0) is 122 Å². The van der Waals surface area contributed by atoms with Crippen LogP contribution in [0.5, 0.6) is 0 Å². The molecule has 0 saturated heterocycles. The van der Waals surface area contributed by atoms with Gasteiger partial charge in [0.2, 0.25) is 0 Å². The van der Waals surface area contributed by atoms with Gasteiger partial charge in [0.15, 0.2) is 6.10 Å². The molecule has 0 aliphatic rings. The molecule has 0 aliphatic heterocycles. The molecule has 0 amide bonds. The Labute approximate surface area is 462 Å². The molecule has 0 radical (unpaired) electrons. The van der Waals surface area contributed by atoms with Gasteiger partial charge in [-0.3, -0.25) is 14.4 Å². The summed E-state index contributed by atoms with van der Waals surface area (Å²) < 4.78 is 16.9. The first-order chi connectivity index (χ1) is 37.0. The summed E-state index contributed by atoms with van der Waals surface area (Å²) in [6, 6.07) is 0. The molecular formula is C69H114O6. The predicted octanol–water partition coefficient (Wildman–Crippen LogP) is 21.2. The van der Waals surface area contributed by atoms with E-state index in [1.165, 1.54) is 77.0 Å². The summed E-state index contributed by atoms with van der Waals surface area (Å²) in [5.41, 5.74) is 0.